The van der Waals surface area contributed by atoms with E-state index in [1.54, 1.807) is 24.3 Å². The van der Waals surface area contributed by atoms with Gasteiger partial charge in [0.15, 0.2) is 5.13 Å². The number of hydrogen-bond acceptors (Lipinski definition) is 5. The number of rotatable bonds is 4. The van der Waals surface area contributed by atoms with E-state index >= 15 is 0 Å². The van der Waals surface area contributed by atoms with Crippen molar-refractivity contribution in [2.45, 2.75) is 32.1 Å². The molecule has 0 bridgehead atoms. The molecule has 0 saturated heterocycles. The van der Waals surface area contributed by atoms with E-state index in [2.05, 4.69) is 15.6 Å². The van der Waals surface area contributed by atoms with E-state index in [0.717, 1.165) is 35.9 Å². The fourth-order valence-corrected chi connectivity index (χ4v) is 4.37. The average molecular weight is 395 g/mol. The van der Waals surface area contributed by atoms with Crippen LogP contribution in [0.25, 0.3) is 10.2 Å². The van der Waals surface area contributed by atoms with Crippen LogP contribution in [-0.2, 0) is 4.79 Å². The highest BCUT2D eigenvalue weighted by Crippen LogP contribution is 2.30. The van der Waals surface area contributed by atoms with Crippen LogP contribution in [0.1, 0.15) is 42.5 Å². The van der Waals surface area contributed by atoms with Crippen molar-refractivity contribution >= 4 is 49.9 Å². The maximum absolute atomic E-state index is 12.4. The first kappa shape index (κ1) is 18.4. The third-order valence-corrected chi connectivity index (χ3v) is 5.96. The lowest BCUT2D eigenvalue weighted by Crippen LogP contribution is -2.24. The second-order valence-corrected chi connectivity index (χ2v) is 8.13. The molecule has 1 fully saturated rings. The number of benzene rings is 2. The fraction of sp³-hybridized carbons (Fsp3) is 0.286. The molecule has 0 aliphatic heterocycles. The zero-order valence-corrected chi connectivity index (χ0v) is 16.2. The Balaban J connectivity index is 1.46. The van der Waals surface area contributed by atoms with E-state index in [-0.39, 0.29) is 17.7 Å². The number of anilines is 3. The quantitative estimate of drug-likeness (QED) is 0.561. The lowest BCUT2D eigenvalue weighted by molar-refractivity contribution is -0.120. The Bertz CT molecular complexity index is 1010. The van der Waals surface area contributed by atoms with Crippen molar-refractivity contribution in [3.63, 3.8) is 0 Å². The molecule has 2 aromatic carbocycles. The van der Waals surface area contributed by atoms with E-state index in [4.69, 9.17) is 5.73 Å². The van der Waals surface area contributed by atoms with E-state index in [9.17, 15) is 9.59 Å². The maximum Gasteiger partial charge on any atom is 0.255 e. The number of thiazole rings is 1. The molecule has 28 heavy (non-hydrogen) atoms. The van der Waals surface area contributed by atoms with E-state index < -0.39 is 0 Å². The smallest absolute Gasteiger partial charge is 0.255 e. The van der Waals surface area contributed by atoms with Crippen molar-refractivity contribution < 1.29 is 9.59 Å². The molecule has 3 aromatic rings. The summed E-state index contributed by atoms with van der Waals surface area (Å²) in [5.41, 5.74) is 8.30. The minimum Gasteiger partial charge on any atom is -0.399 e. The summed E-state index contributed by atoms with van der Waals surface area (Å²) in [6.45, 7) is 0. The molecular weight excluding hydrogens is 372 g/mol. The number of nitrogens with zero attached hydrogens (tertiary/aromatic N) is 1. The van der Waals surface area contributed by atoms with Gasteiger partial charge >= 0.3 is 0 Å². The number of nitrogens with one attached hydrogen (secondary N) is 2. The highest BCUT2D eigenvalue weighted by atomic mass is 32.1. The standard InChI is InChI=1S/C21H22N4O2S/c22-15-8-6-14(7-9-15)19(26)23-16-10-11-17-18(12-16)28-21(24-17)25-20(27)13-4-2-1-3-5-13/h6-13H,1-5,22H2,(H,23,26)(H,24,25,27). The number of amides is 2. The predicted octanol–water partition coefficient (Wildman–Crippen LogP) is 4.65. The van der Waals surface area contributed by atoms with Crippen LogP contribution < -0.4 is 16.4 Å². The number of aromatic nitrogens is 1. The van der Waals surface area contributed by atoms with E-state index in [1.807, 2.05) is 18.2 Å². The summed E-state index contributed by atoms with van der Waals surface area (Å²) >= 11 is 1.42. The van der Waals surface area contributed by atoms with Crippen molar-refractivity contribution in [1.82, 2.24) is 4.98 Å². The van der Waals surface area contributed by atoms with Gasteiger partial charge in [0.1, 0.15) is 0 Å². The summed E-state index contributed by atoms with van der Waals surface area (Å²) in [4.78, 5) is 29.3. The lowest BCUT2D eigenvalue weighted by atomic mass is 9.89. The number of nitrogen functional groups attached to an aromatic ring is 1. The second kappa shape index (κ2) is 7.98. The summed E-state index contributed by atoms with van der Waals surface area (Å²) in [5.74, 6) is -0.0409. The van der Waals surface area contributed by atoms with Gasteiger partial charge in [0, 0.05) is 22.9 Å². The SMILES string of the molecule is Nc1ccc(C(=O)Nc2ccc3nc(NC(=O)C4CCCCC4)sc3c2)cc1. The summed E-state index contributed by atoms with van der Waals surface area (Å²) in [7, 11) is 0. The molecule has 1 aliphatic rings. The normalized spacial score (nSPS) is 14.7. The van der Waals surface area contributed by atoms with Crippen LogP contribution in [0.4, 0.5) is 16.5 Å². The highest BCUT2D eigenvalue weighted by Gasteiger charge is 2.22. The van der Waals surface area contributed by atoms with Crippen molar-refractivity contribution in [3.05, 3.63) is 48.0 Å². The van der Waals surface area contributed by atoms with Gasteiger partial charge in [-0.05, 0) is 55.3 Å². The van der Waals surface area contributed by atoms with Gasteiger partial charge in [-0.15, -0.1) is 0 Å². The van der Waals surface area contributed by atoms with Crippen molar-refractivity contribution in [3.8, 4) is 0 Å². The minimum absolute atomic E-state index is 0.0654. The van der Waals surface area contributed by atoms with Crippen molar-refractivity contribution in [2.24, 2.45) is 5.92 Å². The van der Waals surface area contributed by atoms with Crippen LogP contribution in [-0.4, -0.2) is 16.8 Å². The van der Waals surface area contributed by atoms with Gasteiger partial charge in [-0.3, -0.25) is 9.59 Å². The van der Waals surface area contributed by atoms with Crippen molar-refractivity contribution in [1.29, 1.82) is 0 Å². The summed E-state index contributed by atoms with van der Waals surface area (Å²) in [6, 6.07) is 12.3. The van der Waals surface area contributed by atoms with Gasteiger partial charge in [0.25, 0.3) is 5.91 Å². The zero-order chi connectivity index (χ0) is 19.5. The zero-order valence-electron chi connectivity index (χ0n) is 15.4. The predicted molar refractivity (Wildman–Crippen MR) is 114 cm³/mol. The van der Waals surface area contributed by atoms with Crippen molar-refractivity contribution in [2.75, 3.05) is 16.4 Å². The Labute approximate surface area is 167 Å². The number of carbonyl (C=O) groups is 2. The largest absolute Gasteiger partial charge is 0.399 e. The van der Waals surface area contributed by atoms with Gasteiger partial charge in [0.2, 0.25) is 5.91 Å². The third-order valence-electron chi connectivity index (χ3n) is 5.03. The molecule has 4 rings (SSSR count). The fourth-order valence-electron chi connectivity index (χ4n) is 3.47. The molecular formula is C21H22N4O2S. The number of hydrogen-bond donors (Lipinski definition) is 3. The minimum atomic E-state index is -0.199. The monoisotopic (exact) mass is 394 g/mol. The van der Waals surface area contributed by atoms with Crippen LogP contribution in [0.15, 0.2) is 42.5 Å². The summed E-state index contributed by atoms with van der Waals surface area (Å²) in [6.07, 6.45) is 5.37. The highest BCUT2D eigenvalue weighted by molar-refractivity contribution is 7.22. The molecule has 0 spiro atoms. The van der Waals surface area contributed by atoms with E-state index in [0.29, 0.717) is 22.1 Å². The molecule has 144 valence electrons. The first-order chi connectivity index (χ1) is 13.6. The molecule has 0 radical (unpaired) electrons. The number of carbonyl (C=O) groups excluding carboxylic acids is 2. The maximum atomic E-state index is 12.4. The van der Waals surface area contributed by atoms with Crippen LogP contribution >= 0.6 is 11.3 Å². The van der Waals surface area contributed by atoms with Gasteiger partial charge in [0.05, 0.1) is 10.2 Å². The molecule has 0 unspecified atom stereocenters. The molecule has 2 amide bonds. The molecule has 1 heterocycles. The topological polar surface area (TPSA) is 97.1 Å². The van der Waals surface area contributed by atoms with Gasteiger partial charge in [-0.1, -0.05) is 30.6 Å². The third kappa shape index (κ3) is 4.14. The number of fused-ring (bicyclic) bond motifs is 1. The molecule has 6 nitrogen and oxygen atoms in total. The first-order valence-corrected chi connectivity index (χ1v) is 10.3. The Morgan fingerprint density at radius 3 is 2.50 bits per heavy atom. The second-order valence-electron chi connectivity index (χ2n) is 7.10. The Morgan fingerprint density at radius 2 is 1.75 bits per heavy atom. The Morgan fingerprint density at radius 1 is 1.00 bits per heavy atom. The molecule has 1 aromatic heterocycles. The van der Waals surface area contributed by atoms with E-state index in [1.165, 1.54) is 17.8 Å². The average Bonchev–Trinajstić information content (AvgIpc) is 3.10. The van der Waals surface area contributed by atoms with Gasteiger partial charge in [-0.25, -0.2) is 4.98 Å². The Kier molecular flexibility index (Phi) is 5.25. The van der Waals surface area contributed by atoms with Crippen LogP contribution in [0.2, 0.25) is 0 Å². The summed E-state index contributed by atoms with van der Waals surface area (Å²) < 4.78 is 0.911. The molecule has 0 atom stereocenters. The van der Waals surface area contributed by atoms with Crippen LogP contribution in [0, 0.1) is 5.92 Å². The van der Waals surface area contributed by atoms with Crippen LogP contribution in [0.3, 0.4) is 0 Å². The Hall–Kier alpha value is -2.93. The van der Waals surface area contributed by atoms with Crippen LogP contribution in [0.5, 0.6) is 0 Å². The first-order valence-electron chi connectivity index (χ1n) is 9.47. The molecule has 7 heteroatoms. The molecule has 1 saturated carbocycles. The lowest BCUT2D eigenvalue weighted by Gasteiger charge is -2.19. The molecule has 1 aliphatic carbocycles. The van der Waals surface area contributed by atoms with Gasteiger partial charge in [-0.2, -0.15) is 0 Å². The van der Waals surface area contributed by atoms with Gasteiger partial charge < -0.3 is 16.4 Å². The number of nitrogens with two attached hydrogens (primary N) is 1. The summed E-state index contributed by atoms with van der Waals surface area (Å²) in [5, 5.41) is 6.45. The molecule has 4 N–H and O–H groups in total.